The van der Waals surface area contributed by atoms with Gasteiger partial charge in [0.1, 0.15) is 0 Å². The summed E-state index contributed by atoms with van der Waals surface area (Å²) in [5.41, 5.74) is -0.162. The number of amides is 2. The molecular weight excluding hydrogens is 274 g/mol. The van der Waals surface area contributed by atoms with Crippen LogP contribution in [0.4, 0.5) is 0 Å². The first-order chi connectivity index (χ1) is 9.61. The van der Waals surface area contributed by atoms with Gasteiger partial charge in [-0.15, -0.1) is 0 Å². The Balaban J connectivity index is 2.54. The van der Waals surface area contributed by atoms with Gasteiger partial charge in [0.05, 0.1) is 19.0 Å². The second-order valence-corrected chi connectivity index (χ2v) is 6.34. The Morgan fingerprint density at radius 3 is 2.48 bits per heavy atom. The number of nitrogens with one attached hydrogen (secondary N) is 2. The van der Waals surface area contributed by atoms with Crippen molar-refractivity contribution in [2.24, 2.45) is 5.41 Å². The summed E-state index contributed by atoms with van der Waals surface area (Å²) in [6, 6.07) is -0.575. The molecular formula is C14H23N3O4. The number of likely N-dealkylation sites (tertiary alicyclic amines) is 1. The molecule has 21 heavy (non-hydrogen) atoms. The second kappa shape index (κ2) is 6.80. The highest BCUT2D eigenvalue weighted by Gasteiger charge is 2.33. The number of imide groups is 1. The minimum absolute atomic E-state index is 0.124. The fraction of sp³-hybridized carbons (Fsp3) is 0.714. The molecule has 0 spiro atoms. The number of carboxylic acids is 1. The van der Waals surface area contributed by atoms with Crippen LogP contribution in [0, 0.1) is 10.8 Å². The highest BCUT2D eigenvalue weighted by atomic mass is 16.4. The summed E-state index contributed by atoms with van der Waals surface area (Å²) in [5, 5.41) is 18.9. The van der Waals surface area contributed by atoms with Gasteiger partial charge in [-0.1, -0.05) is 20.8 Å². The highest BCUT2D eigenvalue weighted by molar-refractivity contribution is 6.07. The van der Waals surface area contributed by atoms with Crippen LogP contribution in [-0.2, 0) is 14.4 Å². The van der Waals surface area contributed by atoms with E-state index in [1.807, 2.05) is 20.8 Å². The molecule has 1 unspecified atom stereocenters. The Morgan fingerprint density at radius 2 is 1.95 bits per heavy atom. The number of rotatable bonds is 5. The predicted molar refractivity (Wildman–Crippen MR) is 77.2 cm³/mol. The number of nitrogens with zero attached hydrogens (tertiary/aromatic N) is 1. The summed E-state index contributed by atoms with van der Waals surface area (Å²) >= 11 is 0. The molecule has 7 nitrogen and oxygen atoms in total. The molecule has 1 fully saturated rings. The summed E-state index contributed by atoms with van der Waals surface area (Å²) in [6.07, 6.45) is 1.15. The number of aliphatic carboxylic acids is 1. The lowest BCUT2D eigenvalue weighted by Crippen LogP contribution is -2.47. The lowest BCUT2D eigenvalue weighted by atomic mass is 9.88. The second-order valence-electron chi connectivity index (χ2n) is 6.34. The van der Waals surface area contributed by atoms with Gasteiger partial charge in [0.25, 0.3) is 0 Å². The normalized spacial score (nSPS) is 19.3. The maximum atomic E-state index is 12.0. The summed E-state index contributed by atoms with van der Waals surface area (Å²) in [7, 11) is 0. The molecule has 0 aromatic heterocycles. The Bertz CT molecular complexity index is 454. The van der Waals surface area contributed by atoms with Crippen LogP contribution in [0.5, 0.6) is 0 Å². The third-order valence-electron chi connectivity index (χ3n) is 3.51. The molecule has 0 aromatic rings. The Labute approximate surface area is 124 Å². The first kappa shape index (κ1) is 17.3. The lowest BCUT2D eigenvalue weighted by Gasteiger charge is -2.22. The van der Waals surface area contributed by atoms with E-state index in [4.69, 9.17) is 10.5 Å². The van der Waals surface area contributed by atoms with Crippen LogP contribution in [0.2, 0.25) is 0 Å². The fourth-order valence-electron chi connectivity index (χ4n) is 2.18. The van der Waals surface area contributed by atoms with Crippen molar-refractivity contribution in [1.29, 1.82) is 5.41 Å². The van der Waals surface area contributed by atoms with Crippen molar-refractivity contribution < 1.29 is 19.5 Å². The zero-order chi connectivity index (χ0) is 16.2. The van der Waals surface area contributed by atoms with Crippen LogP contribution < -0.4 is 5.32 Å². The first-order valence-corrected chi connectivity index (χ1v) is 6.98. The molecule has 1 aliphatic rings. The van der Waals surface area contributed by atoms with Crippen molar-refractivity contribution in [2.45, 2.75) is 46.1 Å². The zero-order valence-electron chi connectivity index (χ0n) is 12.7. The monoisotopic (exact) mass is 297 g/mol. The van der Waals surface area contributed by atoms with Gasteiger partial charge >= 0.3 is 5.97 Å². The molecule has 7 heteroatoms. The zero-order valence-corrected chi connectivity index (χ0v) is 12.7. The van der Waals surface area contributed by atoms with E-state index in [2.05, 4.69) is 5.32 Å². The molecule has 1 heterocycles. The predicted octanol–water partition coefficient (Wildman–Crippen LogP) is 0.634. The van der Waals surface area contributed by atoms with E-state index >= 15 is 0 Å². The van der Waals surface area contributed by atoms with Crippen LogP contribution in [0.1, 0.15) is 40.0 Å². The van der Waals surface area contributed by atoms with Gasteiger partial charge in [-0.05, 0) is 19.4 Å². The van der Waals surface area contributed by atoms with E-state index in [1.54, 1.807) is 4.90 Å². The molecule has 1 saturated heterocycles. The van der Waals surface area contributed by atoms with Crippen LogP contribution >= 0.6 is 0 Å². The number of carbonyl (C=O) groups excluding carboxylic acids is 2. The SMILES string of the molecule is CC(C)(C)C(=N)CC(=O)NC(=O)C1CCCN1CC(=O)O. The molecule has 2 amide bonds. The van der Waals surface area contributed by atoms with E-state index in [0.717, 1.165) is 6.42 Å². The molecule has 118 valence electrons. The summed E-state index contributed by atoms with van der Waals surface area (Å²) in [4.78, 5) is 36.1. The molecule has 1 atom stereocenters. The quantitative estimate of drug-likeness (QED) is 0.645. The highest BCUT2D eigenvalue weighted by Crippen LogP contribution is 2.18. The van der Waals surface area contributed by atoms with E-state index in [9.17, 15) is 14.4 Å². The van der Waals surface area contributed by atoms with Crippen LogP contribution in [0.25, 0.3) is 0 Å². The van der Waals surface area contributed by atoms with Crippen LogP contribution in [0.3, 0.4) is 0 Å². The molecule has 1 aliphatic heterocycles. The summed E-state index contributed by atoms with van der Waals surface area (Å²) < 4.78 is 0. The molecule has 0 saturated carbocycles. The summed E-state index contributed by atoms with van der Waals surface area (Å²) in [5.74, 6) is -1.97. The van der Waals surface area contributed by atoms with Crippen LogP contribution in [0.15, 0.2) is 0 Å². The Morgan fingerprint density at radius 1 is 1.33 bits per heavy atom. The topological polar surface area (TPSA) is 111 Å². The van der Waals surface area contributed by atoms with Gasteiger partial charge in [0.15, 0.2) is 0 Å². The van der Waals surface area contributed by atoms with Gasteiger partial charge in [0, 0.05) is 11.1 Å². The molecule has 1 rings (SSSR count). The minimum atomic E-state index is -0.990. The fourth-order valence-corrected chi connectivity index (χ4v) is 2.18. The first-order valence-electron chi connectivity index (χ1n) is 6.98. The molecule has 0 bridgehead atoms. The van der Waals surface area contributed by atoms with Gasteiger partial charge in [-0.3, -0.25) is 24.6 Å². The smallest absolute Gasteiger partial charge is 0.317 e. The summed E-state index contributed by atoms with van der Waals surface area (Å²) in [6.45, 7) is 5.82. The van der Waals surface area contributed by atoms with E-state index in [-0.39, 0.29) is 18.7 Å². The Kier molecular flexibility index (Phi) is 5.60. The molecule has 0 aliphatic carbocycles. The largest absolute Gasteiger partial charge is 0.480 e. The van der Waals surface area contributed by atoms with Crippen molar-refractivity contribution in [1.82, 2.24) is 10.2 Å². The number of carboxylic acid groups (broad SMARTS) is 1. The van der Waals surface area contributed by atoms with Gasteiger partial charge in [-0.25, -0.2) is 0 Å². The number of hydrogen-bond acceptors (Lipinski definition) is 5. The third kappa shape index (κ3) is 5.26. The third-order valence-corrected chi connectivity index (χ3v) is 3.51. The molecule has 3 N–H and O–H groups in total. The number of carbonyl (C=O) groups is 3. The van der Waals surface area contributed by atoms with Gasteiger partial charge < -0.3 is 10.5 Å². The molecule has 0 aromatic carbocycles. The number of hydrogen-bond donors (Lipinski definition) is 3. The maximum absolute atomic E-state index is 12.0. The minimum Gasteiger partial charge on any atom is -0.480 e. The molecule has 0 radical (unpaired) electrons. The van der Waals surface area contributed by atoms with Crippen LogP contribution in [-0.4, -0.2) is 52.6 Å². The standard InChI is InChI=1S/C14H23N3O4/c1-14(2,3)10(15)7-11(18)16-13(21)9-5-4-6-17(9)8-12(19)20/h9,15H,4-8H2,1-3H3,(H,19,20)(H,16,18,21). The maximum Gasteiger partial charge on any atom is 0.317 e. The van der Waals surface area contributed by atoms with Crippen molar-refractivity contribution >= 4 is 23.5 Å². The van der Waals surface area contributed by atoms with Crippen molar-refractivity contribution in [2.75, 3.05) is 13.1 Å². The van der Waals surface area contributed by atoms with Crippen molar-refractivity contribution in [3.05, 3.63) is 0 Å². The van der Waals surface area contributed by atoms with E-state index < -0.39 is 29.2 Å². The van der Waals surface area contributed by atoms with E-state index in [1.165, 1.54) is 0 Å². The Hall–Kier alpha value is -1.76. The van der Waals surface area contributed by atoms with E-state index in [0.29, 0.717) is 13.0 Å². The van der Waals surface area contributed by atoms with Gasteiger partial charge in [0.2, 0.25) is 11.8 Å². The average Bonchev–Trinajstić information content (AvgIpc) is 2.74. The van der Waals surface area contributed by atoms with Crippen molar-refractivity contribution in [3.8, 4) is 0 Å². The van der Waals surface area contributed by atoms with Gasteiger partial charge in [-0.2, -0.15) is 0 Å². The lowest BCUT2D eigenvalue weighted by molar-refractivity contribution is -0.139. The average molecular weight is 297 g/mol. The van der Waals surface area contributed by atoms with Crippen molar-refractivity contribution in [3.63, 3.8) is 0 Å².